The van der Waals surface area contributed by atoms with Gasteiger partial charge in [0.05, 0.1) is 6.54 Å². The maximum atomic E-state index is 11.7. The second-order valence-corrected chi connectivity index (χ2v) is 5.48. The van der Waals surface area contributed by atoms with Gasteiger partial charge in [-0.25, -0.2) is 4.79 Å². The summed E-state index contributed by atoms with van der Waals surface area (Å²) >= 11 is 0. The molecular weight excluding hydrogens is 338 g/mol. The van der Waals surface area contributed by atoms with Crippen LogP contribution in [0.15, 0.2) is 52.9 Å². The number of carbonyl (C=O) groups is 1. The number of aromatic nitrogens is 2. The van der Waals surface area contributed by atoms with Gasteiger partial charge < -0.3 is 23.9 Å². The molecule has 0 saturated heterocycles. The van der Waals surface area contributed by atoms with Gasteiger partial charge in [-0.3, -0.25) is 0 Å². The second-order valence-electron chi connectivity index (χ2n) is 5.48. The van der Waals surface area contributed by atoms with E-state index >= 15 is 0 Å². The molecule has 1 N–H and O–H groups in total. The van der Waals surface area contributed by atoms with Gasteiger partial charge >= 0.3 is 6.09 Å². The van der Waals surface area contributed by atoms with Gasteiger partial charge in [0.2, 0.25) is 18.6 Å². The molecule has 2 heterocycles. The molecule has 0 bridgehead atoms. The number of rotatable bonds is 5. The lowest BCUT2D eigenvalue weighted by Crippen LogP contribution is -2.23. The first-order valence-corrected chi connectivity index (χ1v) is 7.95. The minimum absolute atomic E-state index is 0.0746. The molecule has 0 fully saturated rings. The van der Waals surface area contributed by atoms with Crippen LogP contribution < -0.4 is 14.8 Å². The first-order valence-electron chi connectivity index (χ1n) is 7.95. The maximum absolute atomic E-state index is 11.7. The Kier molecular flexibility index (Phi) is 4.38. The maximum Gasteiger partial charge on any atom is 0.407 e. The quantitative estimate of drug-likeness (QED) is 0.753. The summed E-state index contributed by atoms with van der Waals surface area (Å²) in [5.74, 6) is 1.91. The predicted octanol–water partition coefficient (Wildman–Crippen LogP) is 2.89. The van der Waals surface area contributed by atoms with E-state index in [-0.39, 0.29) is 25.8 Å². The van der Waals surface area contributed by atoms with Crippen molar-refractivity contribution in [1.29, 1.82) is 0 Å². The van der Waals surface area contributed by atoms with Crippen LogP contribution in [0.4, 0.5) is 4.79 Å². The zero-order chi connectivity index (χ0) is 17.8. The van der Waals surface area contributed by atoms with E-state index in [9.17, 15) is 4.79 Å². The van der Waals surface area contributed by atoms with Crippen LogP contribution in [-0.2, 0) is 17.9 Å². The van der Waals surface area contributed by atoms with E-state index in [1.807, 2.05) is 30.3 Å². The van der Waals surface area contributed by atoms with Crippen LogP contribution in [0.25, 0.3) is 11.5 Å². The van der Waals surface area contributed by atoms with Gasteiger partial charge in [-0.2, -0.15) is 0 Å². The Morgan fingerprint density at radius 2 is 1.92 bits per heavy atom. The topological polar surface area (TPSA) is 95.7 Å². The molecule has 132 valence electrons. The van der Waals surface area contributed by atoms with E-state index in [0.29, 0.717) is 23.0 Å². The molecule has 1 aromatic heterocycles. The minimum Gasteiger partial charge on any atom is -0.454 e. The van der Waals surface area contributed by atoms with E-state index in [4.69, 9.17) is 18.6 Å². The van der Waals surface area contributed by atoms with Crippen molar-refractivity contribution >= 4 is 6.09 Å². The van der Waals surface area contributed by atoms with Gasteiger partial charge in [-0.05, 0) is 23.8 Å². The Hall–Kier alpha value is -3.55. The second kappa shape index (κ2) is 7.14. The number of nitrogens with zero attached hydrogens (tertiary/aromatic N) is 2. The number of benzene rings is 2. The zero-order valence-electron chi connectivity index (χ0n) is 13.7. The molecule has 4 rings (SSSR count). The van der Waals surface area contributed by atoms with Crippen molar-refractivity contribution in [3.8, 4) is 23.0 Å². The molecule has 0 aliphatic carbocycles. The number of fused-ring (bicyclic) bond motifs is 1. The largest absolute Gasteiger partial charge is 0.454 e. The molecule has 3 aromatic rings. The summed E-state index contributed by atoms with van der Waals surface area (Å²) in [4.78, 5) is 11.7. The number of ether oxygens (including phenoxy) is 3. The molecular formula is C18H15N3O5. The van der Waals surface area contributed by atoms with Gasteiger partial charge in [0, 0.05) is 5.56 Å². The number of alkyl carbamates (subject to hydrolysis) is 1. The number of nitrogens with one attached hydrogen (secondary N) is 1. The highest BCUT2D eigenvalue weighted by Crippen LogP contribution is 2.35. The van der Waals surface area contributed by atoms with E-state index in [1.165, 1.54) is 0 Å². The fraction of sp³-hybridized carbons (Fsp3) is 0.167. The lowest BCUT2D eigenvalue weighted by Gasteiger charge is -2.05. The molecule has 8 heteroatoms. The highest BCUT2D eigenvalue weighted by molar-refractivity contribution is 5.67. The molecule has 26 heavy (non-hydrogen) atoms. The van der Waals surface area contributed by atoms with E-state index in [0.717, 1.165) is 5.56 Å². The highest BCUT2D eigenvalue weighted by atomic mass is 16.7. The zero-order valence-corrected chi connectivity index (χ0v) is 13.7. The Labute approximate surface area is 148 Å². The van der Waals surface area contributed by atoms with Gasteiger partial charge in [0.25, 0.3) is 0 Å². The molecule has 1 aliphatic rings. The third-order valence-corrected chi connectivity index (χ3v) is 3.68. The van der Waals surface area contributed by atoms with E-state index in [1.54, 1.807) is 18.2 Å². The Morgan fingerprint density at radius 3 is 2.81 bits per heavy atom. The highest BCUT2D eigenvalue weighted by Gasteiger charge is 2.17. The van der Waals surface area contributed by atoms with Crippen molar-refractivity contribution in [1.82, 2.24) is 15.5 Å². The summed E-state index contributed by atoms with van der Waals surface area (Å²) in [7, 11) is 0. The van der Waals surface area contributed by atoms with Crippen LogP contribution in [0.2, 0.25) is 0 Å². The Balaban J connectivity index is 1.31. The fourth-order valence-corrected chi connectivity index (χ4v) is 2.39. The molecule has 1 amide bonds. The van der Waals surface area contributed by atoms with Crippen molar-refractivity contribution in [2.24, 2.45) is 0 Å². The fourth-order valence-electron chi connectivity index (χ4n) is 2.39. The minimum atomic E-state index is -0.559. The summed E-state index contributed by atoms with van der Waals surface area (Å²) in [6.07, 6.45) is -0.559. The van der Waals surface area contributed by atoms with Crippen LogP contribution in [0.3, 0.4) is 0 Å². The third kappa shape index (κ3) is 3.59. The monoisotopic (exact) mass is 353 g/mol. The summed E-state index contributed by atoms with van der Waals surface area (Å²) in [5, 5.41) is 10.5. The summed E-state index contributed by atoms with van der Waals surface area (Å²) in [6.45, 7) is 0.465. The Morgan fingerprint density at radius 1 is 1.08 bits per heavy atom. The van der Waals surface area contributed by atoms with Gasteiger partial charge in [-0.15, -0.1) is 10.2 Å². The van der Waals surface area contributed by atoms with Crippen molar-refractivity contribution in [2.45, 2.75) is 13.2 Å². The first kappa shape index (κ1) is 15.9. The van der Waals surface area contributed by atoms with E-state index in [2.05, 4.69) is 15.5 Å². The molecule has 0 atom stereocenters. The van der Waals surface area contributed by atoms with Crippen molar-refractivity contribution in [3.05, 3.63) is 60.0 Å². The number of hydrogen-bond acceptors (Lipinski definition) is 7. The number of hydrogen-bond donors (Lipinski definition) is 1. The average Bonchev–Trinajstić information content (AvgIpc) is 3.34. The number of carbonyl (C=O) groups excluding carboxylic acids is 1. The van der Waals surface area contributed by atoms with Crippen molar-refractivity contribution < 1.29 is 23.4 Å². The van der Waals surface area contributed by atoms with Gasteiger partial charge in [-0.1, -0.05) is 30.3 Å². The molecule has 8 nitrogen and oxygen atoms in total. The normalized spacial score (nSPS) is 12.0. The average molecular weight is 353 g/mol. The third-order valence-electron chi connectivity index (χ3n) is 3.68. The number of amides is 1. The van der Waals surface area contributed by atoms with Crippen LogP contribution in [-0.4, -0.2) is 23.1 Å². The lowest BCUT2D eigenvalue weighted by molar-refractivity contribution is 0.138. The van der Waals surface area contributed by atoms with Crippen LogP contribution >= 0.6 is 0 Å². The smallest absolute Gasteiger partial charge is 0.407 e. The standard InChI is InChI=1S/C18H15N3O5/c22-18(23-10-12-4-2-1-3-5-12)19-9-16-20-21-17(26-16)13-6-7-14-15(8-13)25-11-24-14/h1-8H,9-11H2,(H,19,22). The molecule has 0 unspecified atom stereocenters. The predicted molar refractivity (Wildman–Crippen MR) is 89.3 cm³/mol. The van der Waals surface area contributed by atoms with Gasteiger partial charge in [0.15, 0.2) is 11.5 Å². The molecule has 0 saturated carbocycles. The molecule has 0 spiro atoms. The summed E-state index contributed by atoms with van der Waals surface area (Å²) < 4.78 is 21.3. The SMILES string of the molecule is O=C(NCc1nnc(-c2ccc3c(c2)OCO3)o1)OCc1ccccc1. The molecule has 1 aliphatic heterocycles. The van der Waals surface area contributed by atoms with Gasteiger partial charge in [0.1, 0.15) is 6.61 Å². The van der Waals surface area contributed by atoms with Crippen LogP contribution in [0.1, 0.15) is 11.5 Å². The first-order chi connectivity index (χ1) is 12.8. The van der Waals surface area contributed by atoms with Crippen molar-refractivity contribution in [2.75, 3.05) is 6.79 Å². The summed E-state index contributed by atoms with van der Waals surface area (Å²) in [6, 6.07) is 14.8. The van der Waals surface area contributed by atoms with Crippen molar-refractivity contribution in [3.63, 3.8) is 0 Å². The molecule has 2 aromatic carbocycles. The Bertz CT molecular complexity index is 910. The van der Waals surface area contributed by atoms with Crippen LogP contribution in [0.5, 0.6) is 11.5 Å². The van der Waals surface area contributed by atoms with Crippen LogP contribution in [0, 0.1) is 0 Å². The molecule has 0 radical (unpaired) electrons. The van der Waals surface area contributed by atoms with E-state index < -0.39 is 6.09 Å². The summed E-state index contributed by atoms with van der Waals surface area (Å²) in [5.41, 5.74) is 1.62. The lowest BCUT2D eigenvalue weighted by atomic mass is 10.2.